The number of carboxylic acids is 1. The molecule has 5 rings (SSSR count). The SMILES string of the molecule is Cn1nnnc1SCC1=C(C(=O)O)N2C(=O)C(NC(=O)C(NC(=O)OC(C)(C)C)C3=C4C=COC=C4CC3)C2SC1. The number of carbonyl (C=O) groups is 4. The van der Waals surface area contributed by atoms with Crippen LogP contribution < -0.4 is 10.6 Å². The van der Waals surface area contributed by atoms with Gasteiger partial charge in [-0.15, -0.1) is 16.9 Å². The van der Waals surface area contributed by atoms with E-state index < -0.39 is 46.9 Å². The third-order valence-corrected chi connectivity index (χ3v) is 9.09. The van der Waals surface area contributed by atoms with E-state index in [1.807, 2.05) is 0 Å². The van der Waals surface area contributed by atoms with E-state index in [2.05, 4.69) is 26.2 Å². The van der Waals surface area contributed by atoms with Crippen molar-refractivity contribution >= 4 is 47.4 Å². The second-order valence-electron chi connectivity index (χ2n) is 10.6. The molecule has 14 nitrogen and oxygen atoms in total. The second kappa shape index (κ2) is 11.2. The van der Waals surface area contributed by atoms with Crippen molar-refractivity contribution in [3.05, 3.63) is 46.6 Å². The summed E-state index contributed by atoms with van der Waals surface area (Å²) in [6.07, 6.45) is 5.19. The highest BCUT2D eigenvalue weighted by atomic mass is 32.2. The van der Waals surface area contributed by atoms with Gasteiger partial charge in [-0.3, -0.25) is 14.5 Å². The number of tetrazole rings is 1. The number of allylic oxidation sites excluding steroid dienone is 3. The number of carbonyl (C=O) groups excluding carboxylic acids is 3. The number of fused-ring (bicyclic) bond motifs is 2. The van der Waals surface area contributed by atoms with Crippen LogP contribution in [-0.2, 0) is 30.9 Å². The lowest BCUT2D eigenvalue weighted by molar-refractivity contribution is -0.150. The molecule has 0 aromatic carbocycles. The lowest BCUT2D eigenvalue weighted by Gasteiger charge is -2.49. The number of thioether (sulfide) groups is 2. The molecule has 1 saturated heterocycles. The van der Waals surface area contributed by atoms with Gasteiger partial charge in [0.1, 0.15) is 28.8 Å². The standard InChI is InChI=1S/C25H29N7O7S2/c1-25(2,3)39-24(37)27-16(15-6-5-12-9-38-8-7-14(12)15)19(33)26-17-20(34)32-18(22(35)36)13(10-40-21(17)32)11-41-23-28-29-30-31(23)4/h7-9,16-17,21H,5-6,10-11H2,1-4H3,(H,26,33)(H,27,37)(H,35,36). The minimum Gasteiger partial charge on any atom is -0.477 e. The summed E-state index contributed by atoms with van der Waals surface area (Å²) in [5.74, 6) is -1.73. The number of aliphatic carboxylic acids is 1. The number of ether oxygens (including phenoxy) is 2. The van der Waals surface area contributed by atoms with Crippen LogP contribution in [0.4, 0.5) is 4.79 Å². The van der Waals surface area contributed by atoms with E-state index in [0.29, 0.717) is 34.9 Å². The number of aromatic nitrogens is 4. The van der Waals surface area contributed by atoms with Crippen molar-refractivity contribution in [2.75, 3.05) is 11.5 Å². The molecular weight excluding hydrogens is 574 g/mol. The van der Waals surface area contributed by atoms with Crippen LogP contribution >= 0.6 is 23.5 Å². The Balaban J connectivity index is 1.34. The molecule has 3 aliphatic heterocycles. The molecule has 3 amide bonds. The predicted molar refractivity (Wildman–Crippen MR) is 147 cm³/mol. The molecule has 0 spiro atoms. The van der Waals surface area contributed by atoms with E-state index in [4.69, 9.17) is 9.47 Å². The van der Waals surface area contributed by atoms with Gasteiger partial charge in [-0.1, -0.05) is 11.8 Å². The van der Waals surface area contributed by atoms with E-state index in [1.54, 1.807) is 40.2 Å². The van der Waals surface area contributed by atoms with Crippen molar-refractivity contribution in [3.8, 4) is 0 Å². The van der Waals surface area contributed by atoms with Gasteiger partial charge >= 0.3 is 12.1 Å². The Labute approximate surface area is 243 Å². The molecule has 0 bridgehead atoms. The first kappa shape index (κ1) is 28.7. The van der Waals surface area contributed by atoms with Gasteiger partial charge in [0.15, 0.2) is 0 Å². The molecule has 16 heteroatoms. The summed E-state index contributed by atoms with van der Waals surface area (Å²) in [7, 11) is 1.68. The van der Waals surface area contributed by atoms with Crippen LogP contribution in [0, 0.1) is 0 Å². The number of carboxylic acid groups (broad SMARTS) is 1. The number of nitrogens with zero attached hydrogens (tertiary/aromatic N) is 5. The monoisotopic (exact) mass is 603 g/mol. The molecule has 1 fully saturated rings. The van der Waals surface area contributed by atoms with Crippen LogP contribution in [0.3, 0.4) is 0 Å². The highest BCUT2D eigenvalue weighted by molar-refractivity contribution is 8.01. The minimum atomic E-state index is -1.23. The number of alkyl carbamates (subject to hydrolysis) is 1. The van der Waals surface area contributed by atoms with E-state index in [9.17, 15) is 24.3 Å². The largest absolute Gasteiger partial charge is 0.477 e. The van der Waals surface area contributed by atoms with Crippen molar-refractivity contribution in [2.24, 2.45) is 7.05 Å². The Morgan fingerprint density at radius 3 is 2.78 bits per heavy atom. The Morgan fingerprint density at radius 2 is 2.10 bits per heavy atom. The van der Waals surface area contributed by atoms with Crippen LogP contribution in [0.1, 0.15) is 33.6 Å². The summed E-state index contributed by atoms with van der Waals surface area (Å²) in [5.41, 5.74) is 2.03. The fraction of sp³-hybridized carbons (Fsp3) is 0.480. The van der Waals surface area contributed by atoms with Crippen molar-refractivity contribution in [1.82, 2.24) is 35.7 Å². The number of amides is 3. The van der Waals surface area contributed by atoms with E-state index >= 15 is 0 Å². The van der Waals surface area contributed by atoms with Gasteiger partial charge in [0, 0.05) is 18.6 Å². The second-order valence-corrected chi connectivity index (χ2v) is 12.7. The average Bonchev–Trinajstić information content (AvgIpc) is 3.53. The first-order valence-electron chi connectivity index (χ1n) is 12.7. The van der Waals surface area contributed by atoms with Gasteiger partial charge in [0.05, 0.1) is 12.5 Å². The maximum absolute atomic E-state index is 13.7. The van der Waals surface area contributed by atoms with Crippen molar-refractivity contribution in [1.29, 1.82) is 0 Å². The van der Waals surface area contributed by atoms with Gasteiger partial charge in [-0.05, 0) is 72.4 Å². The number of rotatable bonds is 8. The summed E-state index contributed by atoms with van der Waals surface area (Å²) in [5, 5.41) is 26.5. The molecule has 41 heavy (non-hydrogen) atoms. The summed E-state index contributed by atoms with van der Waals surface area (Å²) in [6, 6.07) is -2.07. The molecule has 3 N–H and O–H groups in total. The van der Waals surface area contributed by atoms with Crippen molar-refractivity contribution < 1.29 is 33.8 Å². The molecule has 1 aromatic rings. The lowest BCUT2D eigenvalue weighted by Crippen LogP contribution is -2.71. The zero-order valence-electron chi connectivity index (χ0n) is 22.7. The van der Waals surface area contributed by atoms with Gasteiger partial charge < -0.3 is 25.2 Å². The zero-order chi connectivity index (χ0) is 29.5. The molecule has 1 aromatic heterocycles. The fourth-order valence-electron chi connectivity index (χ4n) is 4.87. The van der Waals surface area contributed by atoms with Crippen LogP contribution in [0.2, 0.25) is 0 Å². The Morgan fingerprint density at radius 1 is 1.32 bits per heavy atom. The van der Waals surface area contributed by atoms with Gasteiger partial charge in [-0.2, -0.15) is 0 Å². The summed E-state index contributed by atoms with van der Waals surface area (Å²) in [4.78, 5) is 53.0. The summed E-state index contributed by atoms with van der Waals surface area (Å²) >= 11 is 2.62. The molecular formula is C25H29N7O7S2. The van der Waals surface area contributed by atoms with E-state index in [0.717, 1.165) is 11.1 Å². The Hall–Kier alpha value is -3.79. The maximum atomic E-state index is 13.7. The van der Waals surface area contributed by atoms with Crippen LogP contribution in [0.25, 0.3) is 0 Å². The normalized spacial score (nSPS) is 22.3. The third kappa shape index (κ3) is 5.84. The smallest absolute Gasteiger partial charge is 0.408 e. The summed E-state index contributed by atoms with van der Waals surface area (Å²) < 4.78 is 12.1. The fourth-order valence-corrected chi connectivity index (χ4v) is 7.21. The minimum absolute atomic E-state index is 0.0989. The van der Waals surface area contributed by atoms with Crippen LogP contribution in [0.5, 0.6) is 0 Å². The summed E-state index contributed by atoms with van der Waals surface area (Å²) in [6.45, 7) is 5.15. The number of β-lactam (4-membered cyclic amide) rings is 1. The number of nitrogens with one attached hydrogen (secondary N) is 2. The quantitative estimate of drug-likeness (QED) is 0.288. The number of aryl methyl sites for hydroxylation is 1. The molecule has 3 atom stereocenters. The molecule has 3 unspecified atom stereocenters. The molecule has 4 heterocycles. The van der Waals surface area contributed by atoms with Crippen LogP contribution in [-0.4, -0.2) is 88.7 Å². The first-order valence-corrected chi connectivity index (χ1v) is 14.8. The number of hydrogen-bond acceptors (Lipinski definition) is 11. The van der Waals surface area contributed by atoms with Gasteiger partial charge in [-0.25, -0.2) is 14.3 Å². The van der Waals surface area contributed by atoms with Gasteiger partial charge in [0.2, 0.25) is 11.1 Å². The lowest BCUT2D eigenvalue weighted by atomic mass is 9.98. The Bertz CT molecular complexity index is 1430. The number of hydrogen-bond donors (Lipinski definition) is 3. The topological polar surface area (TPSA) is 178 Å². The van der Waals surface area contributed by atoms with E-state index in [1.165, 1.54) is 39.4 Å². The molecule has 1 aliphatic carbocycles. The third-order valence-electron chi connectivity index (χ3n) is 6.66. The van der Waals surface area contributed by atoms with Crippen LogP contribution in [0.15, 0.2) is 51.7 Å². The van der Waals surface area contributed by atoms with Gasteiger partial charge in [0.25, 0.3) is 5.91 Å². The highest BCUT2D eigenvalue weighted by Gasteiger charge is 2.54. The first-order chi connectivity index (χ1) is 19.4. The maximum Gasteiger partial charge on any atom is 0.408 e. The van der Waals surface area contributed by atoms with Crippen molar-refractivity contribution in [3.63, 3.8) is 0 Å². The molecule has 218 valence electrons. The predicted octanol–water partition coefficient (Wildman–Crippen LogP) is 1.45. The zero-order valence-corrected chi connectivity index (χ0v) is 24.4. The van der Waals surface area contributed by atoms with E-state index in [-0.39, 0.29) is 11.4 Å². The molecule has 0 radical (unpaired) electrons. The Kier molecular flexibility index (Phi) is 7.87. The molecule has 4 aliphatic rings. The molecule has 0 saturated carbocycles. The van der Waals surface area contributed by atoms with Crippen molar-refractivity contribution in [2.45, 2.75) is 61.8 Å². The highest BCUT2D eigenvalue weighted by Crippen LogP contribution is 2.42. The average molecular weight is 604 g/mol.